The number of carbonyl (C=O) groups excluding carboxylic acids is 2. The van der Waals surface area contributed by atoms with E-state index in [4.69, 9.17) is 17.0 Å². The van der Waals surface area contributed by atoms with Gasteiger partial charge in [0.1, 0.15) is 5.75 Å². The molecule has 0 saturated heterocycles. The molecule has 0 fully saturated rings. The van der Waals surface area contributed by atoms with Crippen molar-refractivity contribution in [3.63, 3.8) is 0 Å². The van der Waals surface area contributed by atoms with E-state index in [1.165, 1.54) is 0 Å². The molecule has 0 unspecified atom stereocenters. The number of halogens is 2. The van der Waals surface area contributed by atoms with Crippen LogP contribution in [0.15, 0.2) is 40.9 Å². The lowest BCUT2D eigenvalue weighted by Gasteiger charge is -2.16. The summed E-state index contributed by atoms with van der Waals surface area (Å²) in [4.78, 5) is 24.3. The summed E-state index contributed by atoms with van der Waals surface area (Å²) >= 11 is 10.6. The number of ether oxygens (including phenoxy) is 1. The van der Waals surface area contributed by atoms with Crippen LogP contribution in [0.1, 0.15) is 41.3 Å². The number of hydrogen-bond donors (Lipinski definition) is 3. The Labute approximate surface area is 197 Å². The van der Waals surface area contributed by atoms with E-state index in [9.17, 15) is 9.59 Å². The Kier molecular flexibility index (Phi) is 8.84. The summed E-state index contributed by atoms with van der Waals surface area (Å²) in [7, 11) is 0. The highest BCUT2D eigenvalue weighted by atomic mass is 127. The highest BCUT2D eigenvalue weighted by Crippen LogP contribution is 2.32. The zero-order valence-corrected chi connectivity index (χ0v) is 20.7. The van der Waals surface area contributed by atoms with Crippen molar-refractivity contribution < 1.29 is 14.3 Å². The fraction of sp³-hybridized carbons (Fsp3) is 0.250. The lowest BCUT2D eigenvalue weighted by Crippen LogP contribution is -2.49. The number of hydrazine groups is 1. The van der Waals surface area contributed by atoms with Crippen molar-refractivity contribution in [2.24, 2.45) is 0 Å². The van der Waals surface area contributed by atoms with Gasteiger partial charge < -0.3 is 4.74 Å². The van der Waals surface area contributed by atoms with E-state index in [1.807, 2.05) is 31.2 Å². The van der Waals surface area contributed by atoms with Gasteiger partial charge in [0.15, 0.2) is 11.7 Å². The molecule has 0 radical (unpaired) electrons. The average Bonchev–Trinajstić information content (AvgIpc) is 2.66. The first-order valence-electron chi connectivity index (χ1n) is 8.76. The topological polar surface area (TPSA) is 79.5 Å². The van der Waals surface area contributed by atoms with E-state index in [0.717, 1.165) is 19.2 Å². The normalized spacial score (nSPS) is 10.4. The molecule has 0 aromatic heterocycles. The van der Waals surface area contributed by atoms with Crippen LogP contribution in [-0.4, -0.2) is 23.5 Å². The molecule has 2 amide bonds. The molecule has 154 valence electrons. The van der Waals surface area contributed by atoms with Crippen LogP contribution in [0.3, 0.4) is 0 Å². The summed E-state index contributed by atoms with van der Waals surface area (Å²) < 4.78 is 7.50. The molecule has 0 spiro atoms. The van der Waals surface area contributed by atoms with Crippen LogP contribution in [0.4, 0.5) is 0 Å². The van der Waals surface area contributed by atoms with E-state index in [0.29, 0.717) is 11.3 Å². The van der Waals surface area contributed by atoms with Gasteiger partial charge in [0.25, 0.3) is 11.8 Å². The van der Waals surface area contributed by atoms with E-state index >= 15 is 0 Å². The van der Waals surface area contributed by atoms with Gasteiger partial charge in [-0.05, 0) is 83.0 Å². The van der Waals surface area contributed by atoms with Crippen LogP contribution in [0, 0.1) is 10.5 Å². The van der Waals surface area contributed by atoms with Gasteiger partial charge in [-0.25, -0.2) is 0 Å². The average molecular weight is 590 g/mol. The number of amides is 2. The number of hydrogen-bond acceptors (Lipinski definition) is 4. The fourth-order valence-electron chi connectivity index (χ4n) is 2.41. The third kappa shape index (κ3) is 6.93. The van der Waals surface area contributed by atoms with Gasteiger partial charge in [-0.15, -0.1) is 0 Å². The molecule has 0 aliphatic heterocycles. The second-order valence-corrected chi connectivity index (χ2v) is 8.94. The molecule has 2 aromatic carbocycles. The van der Waals surface area contributed by atoms with Gasteiger partial charge in [0.2, 0.25) is 0 Å². The quantitative estimate of drug-likeness (QED) is 0.277. The third-order valence-corrected chi connectivity index (χ3v) is 5.93. The molecule has 0 atom stereocenters. The van der Waals surface area contributed by atoms with Crippen LogP contribution < -0.4 is 20.9 Å². The Morgan fingerprint density at radius 3 is 2.55 bits per heavy atom. The minimum absolute atomic E-state index is 0.0195. The van der Waals surface area contributed by atoms with Crippen LogP contribution in [0.25, 0.3) is 0 Å². The van der Waals surface area contributed by atoms with Crippen LogP contribution in [0.2, 0.25) is 0 Å². The fourth-order valence-corrected chi connectivity index (χ4v) is 3.57. The van der Waals surface area contributed by atoms with Crippen molar-refractivity contribution in [1.82, 2.24) is 16.2 Å². The minimum Gasteiger partial charge on any atom is -0.483 e. The Morgan fingerprint density at radius 1 is 1.21 bits per heavy atom. The molecular weight excluding hydrogens is 569 g/mol. The first-order chi connectivity index (χ1) is 13.7. The smallest absolute Gasteiger partial charge is 0.270 e. The highest BCUT2D eigenvalue weighted by molar-refractivity contribution is 14.1. The molecule has 0 heterocycles. The second-order valence-electron chi connectivity index (χ2n) is 6.52. The maximum atomic E-state index is 12.1. The summed E-state index contributed by atoms with van der Waals surface area (Å²) in [6.45, 7) is 5.86. The van der Waals surface area contributed by atoms with Crippen LogP contribution >= 0.6 is 50.7 Å². The summed E-state index contributed by atoms with van der Waals surface area (Å²) in [6, 6.07) is 11.0. The molecule has 3 N–H and O–H groups in total. The molecule has 6 nitrogen and oxygen atoms in total. The van der Waals surface area contributed by atoms with Gasteiger partial charge in [-0.1, -0.05) is 41.9 Å². The van der Waals surface area contributed by atoms with Crippen molar-refractivity contribution in [3.8, 4) is 5.75 Å². The number of aryl methyl sites for hydroxylation is 1. The van der Waals surface area contributed by atoms with Crippen molar-refractivity contribution in [3.05, 3.63) is 61.1 Å². The lowest BCUT2D eigenvalue weighted by molar-refractivity contribution is -0.121. The van der Waals surface area contributed by atoms with Crippen LogP contribution in [0.5, 0.6) is 5.75 Å². The number of rotatable bonds is 5. The summed E-state index contributed by atoms with van der Waals surface area (Å²) in [6.07, 6.45) is 0. The molecule has 2 aromatic rings. The third-order valence-electron chi connectivity index (χ3n) is 3.93. The molecule has 9 heteroatoms. The van der Waals surface area contributed by atoms with Crippen LogP contribution in [-0.2, 0) is 4.79 Å². The highest BCUT2D eigenvalue weighted by Gasteiger charge is 2.14. The molecule has 0 aliphatic rings. The summed E-state index contributed by atoms with van der Waals surface area (Å²) in [5, 5.41) is 2.46. The Balaban J connectivity index is 1.87. The van der Waals surface area contributed by atoms with Crippen molar-refractivity contribution in [2.75, 3.05) is 6.61 Å². The zero-order valence-electron chi connectivity index (χ0n) is 16.1. The van der Waals surface area contributed by atoms with Gasteiger partial charge in [-0.3, -0.25) is 25.8 Å². The van der Waals surface area contributed by atoms with Crippen molar-refractivity contribution in [2.45, 2.75) is 26.7 Å². The largest absolute Gasteiger partial charge is 0.483 e. The molecule has 0 saturated carbocycles. The van der Waals surface area contributed by atoms with E-state index < -0.39 is 5.91 Å². The Morgan fingerprint density at radius 2 is 1.90 bits per heavy atom. The maximum Gasteiger partial charge on any atom is 0.270 e. The first-order valence-corrected chi connectivity index (χ1v) is 11.0. The first kappa shape index (κ1) is 23.6. The van der Waals surface area contributed by atoms with Gasteiger partial charge in [0.05, 0.1) is 5.56 Å². The van der Waals surface area contributed by atoms with E-state index in [1.54, 1.807) is 12.1 Å². The number of carbonyl (C=O) groups is 2. The summed E-state index contributed by atoms with van der Waals surface area (Å²) in [5.74, 6) is 0.112. The predicted molar refractivity (Wildman–Crippen MR) is 129 cm³/mol. The molecule has 29 heavy (non-hydrogen) atoms. The summed E-state index contributed by atoms with van der Waals surface area (Å²) in [5.41, 5.74) is 7.50. The molecule has 0 bridgehead atoms. The van der Waals surface area contributed by atoms with Crippen molar-refractivity contribution >= 4 is 67.7 Å². The minimum atomic E-state index is -0.429. The number of nitrogens with one attached hydrogen (secondary N) is 3. The number of thiocarbonyl (C=S) groups is 1. The Hall–Kier alpha value is -1.72. The van der Waals surface area contributed by atoms with E-state index in [2.05, 4.69) is 68.5 Å². The van der Waals surface area contributed by atoms with Gasteiger partial charge in [-0.2, -0.15) is 0 Å². The monoisotopic (exact) mass is 589 g/mol. The van der Waals surface area contributed by atoms with E-state index in [-0.39, 0.29) is 23.5 Å². The zero-order chi connectivity index (χ0) is 21.6. The SMILES string of the molecule is Cc1cc(OCC(=O)NC(=S)NNC(=O)c2ccccc2I)c(C(C)C)cc1Br. The second kappa shape index (κ2) is 10.9. The Bertz CT molecular complexity index is 937. The standard InChI is InChI=1S/C20H21BrIN3O3S/c1-11(2)14-9-15(21)12(3)8-17(14)28-10-18(26)23-20(29)25-24-19(27)13-6-4-5-7-16(13)22/h4-9,11H,10H2,1-3H3,(H,24,27)(H2,23,25,26,29). The molecule has 2 rings (SSSR count). The molecule has 0 aliphatic carbocycles. The maximum absolute atomic E-state index is 12.1. The van der Waals surface area contributed by atoms with Gasteiger partial charge in [0, 0.05) is 8.04 Å². The predicted octanol–water partition coefficient (Wildman–Crippen LogP) is 4.20. The number of benzene rings is 2. The van der Waals surface area contributed by atoms with Crippen molar-refractivity contribution in [1.29, 1.82) is 0 Å². The molecular formula is C20H21BrIN3O3S. The van der Waals surface area contributed by atoms with Gasteiger partial charge >= 0.3 is 0 Å². The lowest BCUT2D eigenvalue weighted by atomic mass is 10.0.